The Balaban J connectivity index is 1.90. The molecule has 2 aromatic heterocycles. The Kier molecular flexibility index (Phi) is 4.90. The van der Waals surface area contributed by atoms with Gasteiger partial charge in [0.05, 0.1) is 5.69 Å². The lowest BCUT2D eigenvalue weighted by Gasteiger charge is -2.09. The van der Waals surface area contributed by atoms with Crippen molar-refractivity contribution < 1.29 is 4.79 Å². The summed E-state index contributed by atoms with van der Waals surface area (Å²) in [6, 6.07) is 11.5. The standard InChI is InChI=1S/C19H18N4OS/c1-4-18(24)21-15-7-5-6-14(10-15)16-8-12(2)9-17(22-16)23-19-20-11-13(3)25-19/h4-11H,1H2,2-3H3,(H,21,24)(H,20,22,23). The maximum Gasteiger partial charge on any atom is 0.247 e. The van der Waals surface area contributed by atoms with Gasteiger partial charge in [-0.2, -0.15) is 0 Å². The minimum absolute atomic E-state index is 0.240. The Labute approximate surface area is 150 Å². The molecule has 0 aliphatic rings. The lowest BCUT2D eigenvalue weighted by Crippen LogP contribution is -2.07. The number of amides is 1. The van der Waals surface area contributed by atoms with Crippen molar-refractivity contribution >= 4 is 33.9 Å². The van der Waals surface area contributed by atoms with Gasteiger partial charge in [0.25, 0.3) is 0 Å². The second-order valence-electron chi connectivity index (χ2n) is 5.59. The molecule has 0 bridgehead atoms. The second kappa shape index (κ2) is 7.27. The molecule has 3 rings (SSSR count). The SMILES string of the molecule is C=CC(=O)Nc1cccc(-c2cc(C)cc(Nc3ncc(C)s3)n2)c1. The molecular weight excluding hydrogens is 332 g/mol. The first-order valence-corrected chi connectivity index (χ1v) is 8.57. The van der Waals surface area contributed by atoms with Crippen molar-refractivity contribution in [1.29, 1.82) is 0 Å². The molecule has 126 valence electrons. The number of aromatic nitrogens is 2. The number of thiazole rings is 1. The van der Waals surface area contributed by atoms with Crippen molar-refractivity contribution in [3.05, 3.63) is 65.7 Å². The van der Waals surface area contributed by atoms with Crippen LogP contribution < -0.4 is 10.6 Å². The monoisotopic (exact) mass is 350 g/mol. The van der Waals surface area contributed by atoms with E-state index in [4.69, 9.17) is 0 Å². The van der Waals surface area contributed by atoms with Crippen LogP contribution in [0.3, 0.4) is 0 Å². The summed E-state index contributed by atoms with van der Waals surface area (Å²) in [4.78, 5) is 21.6. The molecule has 2 N–H and O–H groups in total. The molecule has 1 aromatic carbocycles. The Hall–Kier alpha value is -2.99. The van der Waals surface area contributed by atoms with E-state index in [1.807, 2.05) is 56.4 Å². The van der Waals surface area contributed by atoms with Gasteiger partial charge in [-0.25, -0.2) is 9.97 Å². The van der Waals surface area contributed by atoms with Crippen LogP contribution >= 0.6 is 11.3 Å². The van der Waals surface area contributed by atoms with Gasteiger partial charge in [0.2, 0.25) is 5.91 Å². The summed E-state index contributed by atoms with van der Waals surface area (Å²) in [6.45, 7) is 7.50. The molecule has 0 saturated carbocycles. The largest absolute Gasteiger partial charge is 0.323 e. The molecule has 0 saturated heterocycles. The minimum atomic E-state index is -0.240. The summed E-state index contributed by atoms with van der Waals surface area (Å²) in [5.74, 6) is 0.501. The molecule has 1 amide bonds. The Morgan fingerprint density at radius 1 is 1.24 bits per heavy atom. The Morgan fingerprint density at radius 2 is 2.08 bits per heavy atom. The minimum Gasteiger partial charge on any atom is -0.323 e. The third kappa shape index (κ3) is 4.30. The van der Waals surface area contributed by atoms with Gasteiger partial charge in [-0.15, -0.1) is 11.3 Å². The molecule has 0 radical (unpaired) electrons. The fraction of sp³-hybridized carbons (Fsp3) is 0.105. The first-order valence-electron chi connectivity index (χ1n) is 7.75. The van der Waals surface area contributed by atoms with Gasteiger partial charge in [-0.05, 0) is 49.8 Å². The molecule has 0 fully saturated rings. The van der Waals surface area contributed by atoms with E-state index in [9.17, 15) is 4.79 Å². The van der Waals surface area contributed by atoms with Gasteiger partial charge in [-0.3, -0.25) is 4.79 Å². The van der Waals surface area contributed by atoms with Crippen LogP contribution in [-0.2, 0) is 4.79 Å². The third-order valence-corrected chi connectivity index (χ3v) is 4.27. The summed E-state index contributed by atoms with van der Waals surface area (Å²) in [5, 5.41) is 6.82. The van der Waals surface area contributed by atoms with Crippen molar-refractivity contribution in [2.75, 3.05) is 10.6 Å². The quantitative estimate of drug-likeness (QED) is 0.655. The molecule has 0 unspecified atom stereocenters. The first-order chi connectivity index (χ1) is 12.0. The van der Waals surface area contributed by atoms with Gasteiger partial charge in [0, 0.05) is 22.3 Å². The van der Waals surface area contributed by atoms with Crippen LogP contribution in [0.25, 0.3) is 11.3 Å². The summed E-state index contributed by atoms with van der Waals surface area (Å²) < 4.78 is 0. The van der Waals surface area contributed by atoms with Crippen LogP contribution in [0.15, 0.2) is 55.3 Å². The zero-order valence-corrected chi connectivity index (χ0v) is 14.9. The van der Waals surface area contributed by atoms with Gasteiger partial charge >= 0.3 is 0 Å². The fourth-order valence-electron chi connectivity index (χ4n) is 2.35. The third-order valence-electron chi connectivity index (χ3n) is 3.44. The van der Waals surface area contributed by atoms with Crippen molar-refractivity contribution in [3.63, 3.8) is 0 Å². The van der Waals surface area contributed by atoms with Gasteiger partial charge < -0.3 is 10.6 Å². The molecule has 0 aliphatic carbocycles. The van der Waals surface area contributed by atoms with E-state index in [-0.39, 0.29) is 5.91 Å². The van der Waals surface area contributed by atoms with E-state index in [1.165, 1.54) is 6.08 Å². The average molecular weight is 350 g/mol. The van der Waals surface area contributed by atoms with Crippen molar-refractivity contribution in [2.24, 2.45) is 0 Å². The van der Waals surface area contributed by atoms with E-state index in [0.29, 0.717) is 5.69 Å². The molecule has 0 spiro atoms. The van der Waals surface area contributed by atoms with E-state index in [2.05, 4.69) is 27.2 Å². The number of pyridine rings is 1. The first kappa shape index (κ1) is 16.9. The summed E-state index contributed by atoms with van der Waals surface area (Å²) >= 11 is 1.58. The number of aryl methyl sites for hydroxylation is 2. The van der Waals surface area contributed by atoms with Crippen LogP contribution in [-0.4, -0.2) is 15.9 Å². The highest BCUT2D eigenvalue weighted by Gasteiger charge is 2.07. The van der Waals surface area contributed by atoms with Crippen molar-refractivity contribution in [2.45, 2.75) is 13.8 Å². The molecule has 3 aromatic rings. The summed E-state index contributed by atoms with van der Waals surface area (Å²) in [6.07, 6.45) is 3.07. The fourth-order valence-corrected chi connectivity index (χ4v) is 3.02. The second-order valence-corrected chi connectivity index (χ2v) is 6.82. The van der Waals surface area contributed by atoms with E-state index in [0.717, 1.165) is 32.6 Å². The molecule has 0 atom stereocenters. The van der Waals surface area contributed by atoms with Gasteiger partial charge in [0.1, 0.15) is 5.82 Å². The highest BCUT2D eigenvalue weighted by atomic mass is 32.1. The maximum atomic E-state index is 11.5. The van der Waals surface area contributed by atoms with E-state index < -0.39 is 0 Å². The Bertz CT molecular complexity index is 933. The highest BCUT2D eigenvalue weighted by molar-refractivity contribution is 7.15. The number of rotatable bonds is 5. The van der Waals surface area contributed by atoms with Crippen LogP contribution in [0.5, 0.6) is 0 Å². The van der Waals surface area contributed by atoms with E-state index in [1.54, 1.807) is 11.3 Å². The zero-order chi connectivity index (χ0) is 17.8. The Morgan fingerprint density at radius 3 is 2.80 bits per heavy atom. The van der Waals surface area contributed by atoms with Crippen LogP contribution in [0.2, 0.25) is 0 Å². The number of hydrogen-bond acceptors (Lipinski definition) is 5. The highest BCUT2D eigenvalue weighted by Crippen LogP contribution is 2.26. The average Bonchev–Trinajstić information content (AvgIpc) is 2.99. The number of anilines is 3. The lowest BCUT2D eigenvalue weighted by atomic mass is 10.1. The van der Waals surface area contributed by atoms with Crippen molar-refractivity contribution in [3.8, 4) is 11.3 Å². The van der Waals surface area contributed by atoms with E-state index >= 15 is 0 Å². The van der Waals surface area contributed by atoms with Gasteiger partial charge in [-0.1, -0.05) is 18.7 Å². The smallest absolute Gasteiger partial charge is 0.247 e. The van der Waals surface area contributed by atoms with Crippen molar-refractivity contribution in [1.82, 2.24) is 9.97 Å². The molecule has 2 heterocycles. The predicted octanol–water partition coefficient (Wildman–Crippen LogP) is 4.69. The number of hydrogen-bond donors (Lipinski definition) is 2. The summed E-state index contributed by atoms with van der Waals surface area (Å²) in [7, 11) is 0. The molecule has 5 nitrogen and oxygen atoms in total. The molecule has 6 heteroatoms. The van der Waals surface area contributed by atoms with Crippen LogP contribution in [0.1, 0.15) is 10.4 Å². The predicted molar refractivity (Wildman–Crippen MR) is 103 cm³/mol. The molecule has 0 aliphatic heterocycles. The number of benzene rings is 1. The molecular formula is C19H18N4OS. The lowest BCUT2D eigenvalue weighted by molar-refractivity contribution is -0.111. The number of carbonyl (C=O) groups is 1. The van der Waals surface area contributed by atoms with Crippen LogP contribution in [0, 0.1) is 13.8 Å². The normalized spacial score (nSPS) is 10.3. The number of nitrogens with one attached hydrogen (secondary N) is 2. The van der Waals surface area contributed by atoms with Gasteiger partial charge in [0.15, 0.2) is 5.13 Å². The summed E-state index contributed by atoms with van der Waals surface area (Å²) in [5.41, 5.74) is 3.53. The number of nitrogens with zero attached hydrogens (tertiary/aromatic N) is 2. The topological polar surface area (TPSA) is 66.9 Å². The number of carbonyl (C=O) groups excluding carboxylic acids is 1. The maximum absolute atomic E-state index is 11.5. The van der Waals surface area contributed by atoms with Crippen LogP contribution in [0.4, 0.5) is 16.6 Å². The molecule has 25 heavy (non-hydrogen) atoms. The zero-order valence-electron chi connectivity index (χ0n) is 14.0.